The second-order valence-corrected chi connectivity index (χ2v) is 6.12. The average Bonchev–Trinajstić information content (AvgIpc) is 2.47. The number of sulfone groups is 1. The fourth-order valence-corrected chi connectivity index (χ4v) is 3.08. The molecule has 0 aromatic heterocycles. The summed E-state index contributed by atoms with van der Waals surface area (Å²) >= 11 is 0. The maximum Gasteiger partial charge on any atom is 0.335 e. The van der Waals surface area contributed by atoms with E-state index >= 15 is 0 Å². The molecule has 0 aliphatic heterocycles. The maximum absolute atomic E-state index is 12.4. The molecule has 0 saturated heterocycles. The molecule has 2 aromatic rings. The van der Waals surface area contributed by atoms with Crippen LogP contribution in [0.2, 0.25) is 0 Å². The number of hydrogen-bond acceptors (Lipinski definition) is 4. The Morgan fingerprint density at radius 2 is 1.14 bits per heavy atom. The number of aromatic carboxylic acids is 2. The molecule has 0 amide bonds. The summed E-state index contributed by atoms with van der Waals surface area (Å²) in [6.45, 7) is 0. The van der Waals surface area contributed by atoms with Gasteiger partial charge in [-0.25, -0.2) is 18.0 Å². The lowest BCUT2D eigenvalue weighted by Gasteiger charge is -2.06. The van der Waals surface area contributed by atoms with Gasteiger partial charge in [0.05, 0.1) is 20.9 Å². The molecular formula is C14H10O6S. The quantitative estimate of drug-likeness (QED) is 0.893. The number of benzene rings is 2. The molecule has 2 N–H and O–H groups in total. The van der Waals surface area contributed by atoms with Gasteiger partial charge in [-0.3, -0.25) is 0 Å². The fourth-order valence-electron chi connectivity index (χ4n) is 1.73. The largest absolute Gasteiger partial charge is 0.478 e. The Labute approximate surface area is 120 Å². The van der Waals surface area contributed by atoms with Crippen LogP contribution in [0.3, 0.4) is 0 Å². The zero-order valence-corrected chi connectivity index (χ0v) is 11.4. The summed E-state index contributed by atoms with van der Waals surface area (Å²) in [5.41, 5.74) is -0.323. The molecule has 0 fully saturated rings. The lowest BCUT2D eigenvalue weighted by molar-refractivity contribution is 0.0686. The van der Waals surface area contributed by atoms with Gasteiger partial charge in [-0.15, -0.1) is 0 Å². The van der Waals surface area contributed by atoms with E-state index in [2.05, 4.69) is 0 Å². The SMILES string of the molecule is O=C(O)c1cccc(S(=O)(=O)c2cccc(C(=O)O)c2)c1. The van der Waals surface area contributed by atoms with Gasteiger partial charge >= 0.3 is 11.9 Å². The predicted molar refractivity (Wildman–Crippen MR) is 72.3 cm³/mol. The number of carbonyl (C=O) groups is 2. The highest BCUT2D eigenvalue weighted by atomic mass is 32.2. The molecule has 0 bridgehead atoms. The molecule has 21 heavy (non-hydrogen) atoms. The van der Waals surface area contributed by atoms with Crippen molar-refractivity contribution >= 4 is 21.8 Å². The van der Waals surface area contributed by atoms with E-state index < -0.39 is 21.8 Å². The van der Waals surface area contributed by atoms with E-state index in [0.29, 0.717) is 0 Å². The molecule has 6 nitrogen and oxygen atoms in total. The van der Waals surface area contributed by atoms with E-state index in [9.17, 15) is 18.0 Å². The second-order valence-electron chi connectivity index (χ2n) is 4.17. The molecule has 0 radical (unpaired) electrons. The molecule has 7 heteroatoms. The Morgan fingerprint density at radius 3 is 1.48 bits per heavy atom. The van der Waals surface area contributed by atoms with Gasteiger partial charge in [0.25, 0.3) is 0 Å². The smallest absolute Gasteiger partial charge is 0.335 e. The van der Waals surface area contributed by atoms with Crippen molar-refractivity contribution in [3.63, 3.8) is 0 Å². The Hall–Kier alpha value is -2.67. The van der Waals surface area contributed by atoms with E-state index in [1.807, 2.05) is 0 Å². The molecule has 0 heterocycles. The minimum atomic E-state index is -3.98. The molecule has 2 rings (SSSR count). The monoisotopic (exact) mass is 306 g/mol. The maximum atomic E-state index is 12.4. The molecule has 0 unspecified atom stereocenters. The molecular weight excluding hydrogens is 296 g/mol. The van der Waals surface area contributed by atoms with Gasteiger partial charge in [0.15, 0.2) is 0 Å². The Balaban J connectivity index is 2.57. The highest BCUT2D eigenvalue weighted by Gasteiger charge is 2.20. The molecule has 2 aromatic carbocycles. The second kappa shape index (κ2) is 5.37. The van der Waals surface area contributed by atoms with Crippen molar-refractivity contribution in [2.45, 2.75) is 9.79 Å². The first-order valence-corrected chi connectivity index (χ1v) is 7.22. The number of carboxylic acids is 2. The van der Waals surface area contributed by atoms with Crippen molar-refractivity contribution in [1.82, 2.24) is 0 Å². The van der Waals surface area contributed by atoms with Crippen LogP contribution in [0, 0.1) is 0 Å². The van der Waals surface area contributed by atoms with E-state index in [1.54, 1.807) is 0 Å². The summed E-state index contributed by atoms with van der Waals surface area (Å²) in [7, 11) is -3.98. The summed E-state index contributed by atoms with van der Waals surface area (Å²) in [6, 6.07) is 9.76. The third-order valence-electron chi connectivity index (χ3n) is 2.78. The number of carboxylic acid groups (broad SMARTS) is 2. The lowest BCUT2D eigenvalue weighted by Crippen LogP contribution is -2.06. The summed E-state index contributed by atoms with van der Waals surface area (Å²) in [5.74, 6) is -2.49. The van der Waals surface area contributed by atoms with Crippen LogP contribution in [-0.4, -0.2) is 30.6 Å². The number of hydrogen-bond donors (Lipinski definition) is 2. The van der Waals surface area contributed by atoms with Crippen LogP contribution in [0.1, 0.15) is 20.7 Å². The van der Waals surface area contributed by atoms with Gasteiger partial charge < -0.3 is 10.2 Å². The van der Waals surface area contributed by atoms with Crippen molar-refractivity contribution in [2.75, 3.05) is 0 Å². The minimum absolute atomic E-state index is 0.162. The Kier molecular flexibility index (Phi) is 3.77. The van der Waals surface area contributed by atoms with Crippen LogP contribution in [0.4, 0.5) is 0 Å². The zero-order chi connectivity index (χ0) is 15.6. The van der Waals surface area contributed by atoms with Crippen molar-refractivity contribution in [1.29, 1.82) is 0 Å². The zero-order valence-electron chi connectivity index (χ0n) is 10.6. The molecule has 0 aliphatic carbocycles. The van der Waals surface area contributed by atoms with E-state index in [1.165, 1.54) is 36.4 Å². The summed E-state index contributed by atoms with van der Waals surface area (Å²) < 4.78 is 24.8. The summed E-state index contributed by atoms with van der Waals surface area (Å²) in [4.78, 5) is 21.4. The van der Waals surface area contributed by atoms with E-state index in [-0.39, 0.29) is 20.9 Å². The standard InChI is InChI=1S/C14H10O6S/c15-13(16)9-3-1-5-11(7-9)21(19,20)12-6-2-4-10(8-12)14(17)18/h1-8H,(H,15,16)(H,17,18). The van der Waals surface area contributed by atoms with Gasteiger partial charge in [0.2, 0.25) is 9.84 Å². The number of rotatable bonds is 4. The molecule has 108 valence electrons. The topological polar surface area (TPSA) is 109 Å². The van der Waals surface area contributed by atoms with Crippen LogP contribution in [-0.2, 0) is 9.84 Å². The molecule has 0 spiro atoms. The molecule has 0 saturated carbocycles. The van der Waals surface area contributed by atoms with Crippen LogP contribution in [0.5, 0.6) is 0 Å². The summed E-state index contributed by atoms with van der Waals surface area (Å²) in [6.07, 6.45) is 0. The Bertz CT molecular complexity index is 759. The van der Waals surface area contributed by atoms with Gasteiger partial charge in [-0.1, -0.05) is 12.1 Å². The van der Waals surface area contributed by atoms with Crippen molar-refractivity contribution in [3.05, 3.63) is 59.7 Å². The van der Waals surface area contributed by atoms with Gasteiger partial charge in [-0.05, 0) is 36.4 Å². The van der Waals surface area contributed by atoms with Crippen molar-refractivity contribution in [2.24, 2.45) is 0 Å². The van der Waals surface area contributed by atoms with Gasteiger partial charge in [-0.2, -0.15) is 0 Å². The van der Waals surface area contributed by atoms with Gasteiger partial charge in [0.1, 0.15) is 0 Å². The first-order chi connectivity index (χ1) is 9.82. The predicted octanol–water partition coefficient (Wildman–Crippen LogP) is 1.92. The van der Waals surface area contributed by atoms with Crippen LogP contribution in [0.15, 0.2) is 58.3 Å². The average molecular weight is 306 g/mol. The van der Waals surface area contributed by atoms with Crippen LogP contribution >= 0.6 is 0 Å². The highest BCUT2D eigenvalue weighted by molar-refractivity contribution is 7.91. The Morgan fingerprint density at radius 1 is 0.762 bits per heavy atom. The first-order valence-electron chi connectivity index (χ1n) is 5.74. The van der Waals surface area contributed by atoms with Crippen molar-refractivity contribution in [3.8, 4) is 0 Å². The molecule has 0 atom stereocenters. The minimum Gasteiger partial charge on any atom is -0.478 e. The van der Waals surface area contributed by atoms with Crippen molar-refractivity contribution < 1.29 is 28.2 Å². The normalized spacial score (nSPS) is 11.0. The van der Waals surface area contributed by atoms with Crippen LogP contribution in [0.25, 0.3) is 0 Å². The van der Waals surface area contributed by atoms with Crippen LogP contribution < -0.4 is 0 Å². The van der Waals surface area contributed by atoms with E-state index in [0.717, 1.165) is 12.1 Å². The third kappa shape index (κ3) is 2.92. The third-order valence-corrected chi connectivity index (χ3v) is 4.53. The van der Waals surface area contributed by atoms with Gasteiger partial charge in [0, 0.05) is 0 Å². The highest BCUT2D eigenvalue weighted by Crippen LogP contribution is 2.22. The lowest BCUT2D eigenvalue weighted by atomic mass is 10.2. The molecule has 0 aliphatic rings. The fraction of sp³-hybridized carbons (Fsp3) is 0. The van der Waals surface area contributed by atoms with E-state index in [4.69, 9.17) is 10.2 Å². The first kappa shape index (κ1) is 14.7. The summed E-state index contributed by atoms with van der Waals surface area (Å²) in [5, 5.41) is 17.8.